The number of hydrogen-bond acceptors (Lipinski definition) is 6. The molecule has 0 atom stereocenters. The molecular formula is C32H24Cl2N4O3. The molecule has 0 unspecified atom stereocenters. The first kappa shape index (κ1) is 26.6. The van der Waals surface area contributed by atoms with Gasteiger partial charge >= 0.3 is 0 Å². The lowest BCUT2D eigenvalue weighted by Crippen LogP contribution is -2.20. The number of benzene rings is 4. The first-order chi connectivity index (χ1) is 19.9. The second-order valence-corrected chi connectivity index (χ2v) is 10.4. The van der Waals surface area contributed by atoms with Crippen LogP contribution in [0.3, 0.4) is 0 Å². The summed E-state index contributed by atoms with van der Waals surface area (Å²) in [5, 5.41) is 7.04. The maximum absolute atomic E-state index is 13.7. The smallest absolute Gasteiger partial charge is 0.282 e. The number of para-hydroxylation sites is 1. The van der Waals surface area contributed by atoms with Gasteiger partial charge in [0.2, 0.25) is 5.82 Å². The van der Waals surface area contributed by atoms with E-state index in [2.05, 4.69) is 5.10 Å². The van der Waals surface area contributed by atoms with Crippen molar-refractivity contribution in [2.45, 2.75) is 6.61 Å². The van der Waals surface area contributed by atoms with E-state index in [0.29, 0.717) is 43.6 Å². The van der Waals surface area contributed by atoms with Gasteiger partial charge in [-0.2, -0.15) is 9.78 Å². The van der Waals surface area contributed by atoms with Gasteiger partial charge in [0, 0.05) is 52.4 Å². The highest BCUT2D eigenvalue weighted by atomic mass is 35.5. The highest BCUT2D eigenvalue weighted by molar-refractivity contribution is 6.31. The van der Waals surface area contributed by atoms with Gasteiger partial charge in [0.1, 0.15) is 17.9 Å². The number of anilines is 1. The molecule has 6 aromatic rings. The van der Waals surface area contributed by atoms with Crippen LogP contribution in [0.4, 0.5) is 5.69 Å². The summed E-state index contributed by atoms with van der Waals surface area (Å²) in [5.41, 5.74) is 3.30. The van der Waals surface area contributed by atoms with Crippen molar-refractivity contribution in [2.24, 2.45) is 5.10 Å². The fourth-order valence-electron chi connectivity index (χ4n) is 4.44. The maximum atomic E-state index is 13.7. The average Bonchev–Trinajstić information content (AvgIpc) is 3.39. The van der Waals surface area contributed by atoms with Crippen molar-refractivity contribution >= 4 is 57.0 Å². The molecule has 0 radical (unpaired) electrons. The maximum Gasteiger partial charge on any atom is 0.282 e. The van der Waals surface area contributed by atoms with Crippen molar-refractivity contribution in [3.63, 3.8) is 0 Å². The van der Waals surface area contributed by atoms with Crippen molar-refractivity contribution in [1.29, 1.82) is 0 Å². The van der Waals surface area contributed by atoms with Crippen LogP contribution in [-0.4, -0.2) is 30.0 Å². The molecule has 9 heteroatoms. The van der Waals surface area contributed by atoms with Crippen molar-refractivity contribution in [1.82, 2.24) is 9.66 Å². The molecule has 0 saturated heterocycles. The number of nitrogens with zero attached hydrogens (tertiary/aromatic N) is 4. The number of fused-ring (bicyclic) bond motifs is 2. The highest BCUT2D eigenvalue weighted by Crippen LogP contribution is 2.30. The predicted octanol–water partition coefficient (Wildman–Crippen LogP) is 7.64. The number of ether oxygens (including phenoxy) is 1. The normalized spacial score (nSPS) is 11.5. The van der Waals surface area contributed by atoms with Crippen molar-refractivity contribution < 1.29 is 9.15 Å². The number of aromatic nitrogens is 2. The molecule has 204 valence electrons. The minimum atomic E-state index is -0.330. The first-order valence-corrected chi connectivity index (χ1v) is 13.6. The highest BCUT2D eigenvalue weighted by Gasteiger charge is 2.17. The lowest BCUT2D eigenvalue weighted by Gasteiger charge is -2.16. The lowest BCUT2D eigenvalue weighted by molar-refractivity contribution is 0.306. The number of rotatable bonds is 7. The second kappa shape index (κ2) is 11.1. The van der Waals surface area contributed by atoms with Crippen molar-refractivity contribution in [3.8, 4) is 17.3 Å². The molecule has 2 aromatic heterocycles. The Kier molecular flexibility index (Phi) is 7.22. The SMILES string of the molecule is CN(C)c1ccc(C=Nn2c(-c3cc4cc(Cl)ccc4o3)nc3ccccc3c2=O)c(OCc2ccccc2Cl)c1. The molecular weight excluding hydrogens is 559 g/mol. The van der Waals surface area contributed by atoms with E-state index in [0.717, 1.165) is 16.6 Å². The van der Waals surface area contributed by atoms with E-state index in [1.165, 1.54) is 4.68 Å². The van der Waals surface area contributed by atoms with E-state index in [4.69, 9.17) is 37.3 Å². The largest absolute Gasteiger partial charge is 0.488 e. The van der Waals surface area contributed by atoms with Crippen molar-refractivity contribution in [3.05, 3.63) is 123 Å². The minimum absolute atomic E-state index is 0.265. The van der Waals surface area contributed by atoms with Crippen LogP contribution in [0, 0.1) is 0 Å². The molecule has 0 aliphatic rings. The minimum Gasteiger partial charge on any atom is -0.488 e. The topological polar surface area (TPSA) is 72.9 Å². The molecule has 0 aliphatic heterocycles. The number of hydrogen-bond donors (Lipinski definition) is 0. The van der Waals surface area contributed by atoms with Crippen LogP contribution in [0.15, 0.2) is 105 Å². The fourth-order valence-corrected chi connectivity index (χ4v) is 4.81. The summed E-state index contributed by atoms with van der Waals surface area (Å²) in [7, 11) is 3.90. The Hall–Kier alpha value is -4.59. The van der Waals surface area contributed by atoms with Crippen LogP contribution >= 0.6 is 23.2 Å². The third-order valence-electron chi connectivity index (χ3n) is 6.62. The Balaban J connectivity index is 1.46. The molecule has 41 heavy (non-hydrogen) atoms. The molecule has 0 aliphatic carbocycles. The van der Waals surface area contributed by atoms with E-state index >= 15 is 0 Å². The van der Waals surface area contributed by atoms with E-state index < -0.39 is 0 Å². The molecule has 0 bridgehead atoms. The van der Waals surface area contributed by atoms with Crippen LogP contribution in [0.25, 0.3) is 33.5 Å². The van der Waals surface area contributed by atoms with Gasteiger partial charge in [-0.05, 0) is 54.6 Å². The molecule has 0 fully saturated rings. The summed E-state index contributed by atoms with van der Waals surface area (Å²) < 4.78 is 13.5. The molecule has 0 amide bonds. The molecule has 0 spiro atoms. The molecule has 4 aromatic carbocycles. The van der Waals surface area contributed by atoms with Gasteiger partial charge in [-0.15, -0.1) is 0 Å². The zero-order valence-electron chi connectivity index (χ0n) is 22.2. The Bertz CT molecular complexity index is 2000. The summed E-state index contributed by atoms with van der Waals surface area (Å²) in [4.78, 5) is 20.4. The van der Waals surface area contributed by atoms with E-state index in [1.807, 2.05) is 67.5 Å². The van der Waals surface area contributed by atoms with E-state index in [9.17, 15) is 4.79 Å². The Morgan fingerprint density at radius 2 is 1.78 bits per heavy atom. The van der Waals surface area contributed by atoms with Crippen LogP contribution in [0.1, 0.15) is 11.1 Å². The Labute approximate surface area is 245 Å². The summed E-state index contributed by atoms with van der Waals surface area (Å²) >= 11 is 12.5. The average molecular weight is 583 g/mol. The molecule has 6 rings (SSSR count). The molecule has 0 N–H and O–H groups in total. The van der Waals surface area contributed by atoms with Crippen LogP contribution < -0.4 is 15.2 Å². The van der Waals surface area contributed by atoms with Crippen molar-refractivity contribution in [2.75, 3.05) is 19.0 Å². The number of furan rings is 1. The third-order valence-corrected chi connectivity index (χ3v) is 7.22. The molecule has 7 nitrogen and oxygen atoms in total. The summed E-state index contributed by atoms with van der Waals surface area (Å²) in [6, 6.07) is 27.6. The summed E-state index contributed by atoms with van der Waals surface area (Å²) in [6.45, 7) is 0.266. The van der Waals surface area contributed by atoms with E-state index in [-0.39, 0.29) is 18.0 Å². The zero-order valence-corrected chi connectivity index (χ0v) is 23.7. The fraction of sp³-hybridized carbons (Fsp3) is 0.0938. The van der Waals surface area contributed by atoms with Gasteiger partial charge in [-0.3, -0.25) is 4.79 Å². The summed E-state index contributed by atoms with van der Waals surface area (Å²) in [6.07, 6.45) is 1.59. The first-order valence-electron chi connectivity index (χ1n) is 12.8. The van der Waals surface area contributed by atoms with Gasteiger partial charge in [0.15, 0.2) is 5.76 Å². The van der Waals surface area contributed by atoms with Gasteiger partial charge in [0.05, 0.1) is 17.1 Å². The Morgan fingerprint density at radius 3 is 2.61 bits per heavy atom. The molecule has 0 saturated carbocycles. The zero-order chi connectivity index (χ0) is 28.5. The van der Waals surface area contributed by atoms with Crippen LogP contribution in [0.2, 0.25) is 10.0 Å². The van der Waals surface area contributed by atoms with Gasteiger partial charge in [0.25, 0.3) is 5.56 Å². The van der Waals surface area contributed by atoms with E-state index in [1.54, 1.807) is 48.7 Å². The monoisotopic (exact) mass is 582 g/mol. The Morgan fingerprint density at radius 1 is 0.976 bits per heavy atom. The lowest BCUT2D eigenvalue weighted by atomic mass is 10.2. The third kappa shape index (κ3) is 5.42. The van der Waals surface area contributed by atoms with Gasteiger partial charge in [-0.25, -0.2) is 4.98 Å². The van der Waals surface area contributed by atoms with Crippen LogP contribution in [-0.2, 0) is 6.61 Å². The molecule has 2 heterocycles. The predicted molar refractivity (Wildman–Crippen MR) is 166 cm³/mol. The van der Waals surface area contributed by atoms with Gasteiger partial charge < -0.3 is 14.1 Å². The standard InChI is InChI=1S/C32H24Cl2N4O3/c1-37(2)24-13-11-20(29(17-24)40-19-21-7-3-5-9-26(21)34)18-35-38-31(36-27-10-6-4-8-25(27)32(38)39)30-16-22-15-23(33)12-14-28(22)41-30/h3-18H,19H2,1-2H3. The van der Waals surface area contributed by atoms with Crippen LogP contribution in [0.5, 0.6) is 5.75 Å². The second-order valence-electron chi connectivity index (χ2n) is 9.60. The summed E-state index contributed by atoms with van der Waals surface area (Å²) in [5.74, 6) is 1.24. The number of halogens is 2. The quantitative estimate of drug-likeness (QED) is 0.181. The van der Waals surface area contributed by atoms with Gasteiger partial charge in [-0.1, -0.05) is 53.5 Å².